The highest BCUT2D eigenvalue weighted by Gasteiger charge is 2.19. The monoisotopic (exact) mass is 839 g/mol. The molecule has 0 saturated carbocycles. The highest BCUT2D eigenvalue weighted by molar-refractivity contribution is 5.95. The van der Waals surface area contributed by atoms with Crippen molar-refractivity contribution in [2.24, 2.45) is 0 Å². The molecule has 0 amide bonds. The number of rotatable bonds is 20. The quantitative estimate of drug-likeness (QED) is 0.0324. The lowest BCUT2D eigenvalue weighted by atomic mass is 10.2. The summed E-state index contributed by atoms with van der Waals surface area (Å²) in [5, 5.41) is 9.46. The molecule has 0 atom stereocenters. The van der Waals surface area contributed by atoms with Gasteiger partial charge in [0.2, 0.25) is 0 Å². The van der Waals surface area contributed by atoms with Gasteiger partial charge < -0.3 is 37.9 Å². The second-order valence-corrected chi connectivity index (χ2v) is 12.6. The van der Waals surface area contributed by atoms with Crippen molar-refractivity contribution in [2.45, 2.75) is 12.8 Å². The summed E-state index contributed by atoms with van der Waals surface area (Å²) in [7, 11) is 0. The van der Waals surface area contributed by atoms with Crippen LogP contribution in [-0.2, 0) is 19.1 Å². The molecule has 5 rings (SSSR count). The van der Waals surface area contributed by atoms with Crippen LogP contribution in [0.1, 0.15) is 59.8 Å². The Bertz CT molecular complexity index is 2450. The zero-order valence-corrected chi connectivity index (χ0v) is 32.9. The average Bonchev–Trinajstić information content (AvgIpc) is 3.29. The highest BCUT2D eigenvalue weighted by atomic mass is 16.6. The van der Waals surface area contributed by atoms with Crippen LogP contribution in [0.5, 0.6) is 34.5 Å². The maximum Gasteiger partial charge on any atom is 0.343 e. The number of carbonyl (C=O) groups is 6. The summed E-state index contributed by atoms with van der Waals surface area (Å²) in [5.41, 5.74) is 0.735. The van der Waals surface area contributed by atoms with Gasteiger partial charge in [0, 0.05) is 31.1 Å². The molecule has 5 aromatic carbocycles. The molecule has 15 nitrogen and oxygen atoms in total. The Kier molecular flexibility index (Phi) is 16.2. The molecule has 0 heterocycles. The summed E-state index contributed by atoms with van der Waals surface area (Å²) in [5.74, 6) is -3.12. The van der Waals surface area contributed by atoms with Gasteiger partial charge in [0.05, 0.1) is 60.3 Å². The fourth-order valence-electron chi connectivity index (χ4n) is 5.05. The van der Waals surface area contributed by atoms with Gasteiger partial charge in [-0.05, 0) is 109 Å². The number of carbonyl (C=O) groups excluding carboxylic acids is 6. The lowest BCUT2D eigenvalue weighted by Crippen LogP contribution is -2.13. The van der Waals surface area contributed by atoms with Crippen molar-refractivity contribution >= 4 is 35.8 Å². The first-order chi connectivity index (χ1) is 30.0. The van der Waals surface area contributed by atoms with Gasteiger partial charge in [-0.3, -0.25) is 0 Å². The summed E-state index contributed by atoms with van der Waals surface area (Å²) in [6.07, 6.45) is 3.08. The number of hydrogen-bond donors (Lipinski definition) is 0. The molecule has 0 bridgehead atoms. The third-order valence-corrected chi connectivity index (χ3v) is 8.20. The van der Waals surface area contributed by atoms with Crippen molar-refractivity contribution in [1.29, 1.82) is 5.26 Å². The third kappa shape index (κ3) is 13.5. The molecule has 0 aromatic heterocycles. The van der Waals surface area contributed by atoms with Gasteiger partial charge in [-0.2, -0.15) is 5.26 Å². The molecule has 314 valence electrons. The van der Waals surface area contributed by atoms with Crippen LogP contribution in [0.3, 0.4) is 0 Å². The van der Waals surface area contributed by atoms with Crippen LogP contribution in [0.2, 0.25) is 0 Å². The van der Waals surface area contributed by atoms with E-state index in [0.717, 1.165) is 12.2 Å². The zero-order valence-electron chi connectivity index (χ0n) is 32.9. The van der Waals surface area contributed by atoms with Crippen molar-refractivity contribution in [3.05, 3.63) is 168 Å². The highest BCUT2D eigenvalue weighted by Crippen LogP contribution is 2.31. The van der Waals surface area contributed by atoms with E-state index in [2.05, 4.69) is 13.2 Å². The Balaban J connectivity index is 1.11. The predicted octanol–water partition coefficient (Wildman–Crippen LogP) is 7.43. The Morgan fingerprint density at radius 1 is 0.452 bits per heavy atom. The van der Waals surface area contributed by atoms with Crippen molar-refractivity contribution < 1.29 is 66.7 Å². The maximum atomic E-state index is 13.1. The van der Waals surface area contributed by atoms with E-state index >= 15 is 0 Å². The largest absolute Gasteiger partial charge is 0.493 e. The molecular weight excluding hydrogens is 803 g/mol. The second-order valence-electron chi connectivity index (χ2n) is 12.6. The van der Waals surface area contributed by atoms with E-state index in [9.17, 15) is 34.0 Å². The van der Waals surface area contributed by atoms with E-state index in [0.29, 0.717) is 24.3 Å². The summed E-state index contributed by atoms with van der Waals surface area (Å²) < 4.78 is 42.8. The SMILES string of the molecule is C=CC(=O)OCCCOc1ccc(C(=O)Oc2ccc(C(=O)Oc3ccc(C#N)cc3OC(=O)c3ccc(OC(=O)c4ccc(OCCCOC(=O)C=C)cc4)cc3)cc2)cc1. The van der Waals surface area contributed by atoms with Gasteiger partial charge in [0.15, 0.2) is 11.5 Å². The lowest BCUT2D eigenvalue weighted by molar-refractivity contribution is -0.138. The fourth-order valence-corrected chi connectivity index (χ4v) is 5.05. The number of benzene rings is 5. The van der Waals surface area contributed by atoms with Gasteiger partial charge in [0.1, 0.15) is 23.0 Å². The summed E-state index contributed by atoms with van der Waals surface area (Å²) in [4.78, 5) is 73.9. The molecule has 0 N–H and O–H groups in total. The van der Waals surface area contributed by atoms with Crippen LogP contribution in [0, 0.1) is 11.3 Å². The minimum atomic E-state index is -0.859. The van der Waals surface area contributed by atoms with Crippen LogP contribution in [0.25, 0.3) is 0 Å². The van der Waals surface area contributed by atoms with Gasteiger partial charge in [-0.1, -0.05) is 13.2 Å². The lowest BCUT2D eigenvalue weighted by Gasteiger charge is -2.12. The average molecular weight is 840 g/mol. The van der Waals surface area contributed by atoms with Crippen molar-refractivity contribution in [3.8, 4) is 40.6 Å². The number of nitriles is 1. The molecular formula is C47H37NO14. The summed E-state index contributed by atoms with van der Waals surface area (Å²) in [6.45, 7) is 7.58. The van der Waals surface area contributed by atoms with Gasteiger partial charge >= 0.3 is 35.8 Å². The van der Waals surface area contributed by atoms with Gasteiger partial charge in [-0.15, -0.1) is 0 Å². The van der Waals surface area contributed by atoms with Crippen LogP contribution in [-0.4, -0.2) is 62.2 Å². The first kappa shape index (κ1) is 44.6. The minimum Gasteiger partial charge on any atom is -0.493 e. The fraction of sp³-hybridized carbons (Fsp3) is 0.128. The van der Waals surface area contributed by atoms with Crippen LogP contribution >= 0.6 is 0 Å². The van der Waals surface area contributed by atoms with Crippen molar-refractivity contribution in [1.82, 2.24) is 0 Å². The Morgan fingerprint density at radius 2 is 0.806 bits per heavy atom. The molecule has 0 radical (unpaired) electrons. The van der Waals surface area contributed by atoms with Crippen LogP contribution in [0.4, 0.5) is 0 Å². The molecule has 0 aliphatic heterocycles. The smallest absolute Gasteiger partial charge is 0.343 e. The van der Waals surface area contributed by atoms with E-state index in [1.807, 2.05) is 6.07 Å². The number of hydrogen-bond acceptors (Lipinski definition) is 15. The summed E-state index contributed by atoms with van der Waals surface area (Å²) >= 11 is 0. The third-order valence-electron chi connectivity index (χ3n) is 8.20. The van der Waals surface area contributed by atoms with Crippen molar-refractivity contribution in [2.75, 3.05) is 26.4 Å². The van der Waals surface area contributed by atoms with E-state index in [4.69, 9.17) is 37.9 Å². The topological polar surface area (TPSA) is 200 Å². The maximum absolute atomic E-state index is 13.1. The first-order valence-electron chi connectivity index (χ1n) is 18.7. The zero-order chi connectivity index (χ0) is 44.3. The number of esters is 6. The molecule has 0 saturated heterocycles. The number of nitrogens with zero attached hydrogens (tertiary/aromatic N) is 1. The van der Waals surface area contributed by atoms with Gasteiger partial charge in [-0.25, -0.2) is 28.8 Å². The van der Waals surface area contributed by atoms with Gasteiger partial charge in [0.25, 0.3) is 0 Å². The predicted molar refractivity (Wildman–Crippen MR) is 219 cm³/mol. The molecule has 0 aliphatic rings. The van der Waals surface area contributed by atoms with E-state index in [1.165, 1.54) is 91.0 Å². The van der Waals surface area contributed by atoms with E-state index < -0.39 is 35.8 Å². The van der Waals surface area contributed by atoms with Crippen LogP contribution in [0.15, 0.2) is 141 Å². The standard InChI is InChI=1S/C47H37NO14/c1-3-42(49)57-27-5-25-55-36-16-8-32(9-17-36)44(51)59-38-20-12-34(13-21-38)46(53)61-40-24-7-31(30-48)29-41(40)62-47(54)35-14-22-39(23-15-35)60-45(52)33-10-18-37(19-11-33)56-26-6-28-58-43(50)4-2/h3-4,7-24,29H,1-2,5-6,25-28H2. The van der Waals surface area contributed by atoms with E-state index in [-0.39, 0.29) is 77.2 Å². The minimum absolute atomic E-state index is 0.0558. The first-order valence-corrected chi connectivity index (χ1v) is 18.7. The normalized spacial score (nSPS) is 10.2. The molecule has 0 unspecified atom stereocenters. The Labute approximate surface area is 355 Å². The van der Waals surface area contributed by atoms with E-state index in [1.54, 1.807) is 24.3 Å². The van der Waals surface area contributed by atoms with Crippen molar-refractivity contribution in [3.63, 3.8) is 0 Å². The molecule has 15 heteroatoms. The Hall–Kier alpha value is -8.51. The molecule has 0 fully saturated rings. The Morgan fingerprint density at radius 3 is 1.18 bits per heavy atom. The second kappa shape index (κ2) is 22.6. The molecule has 5 aromatic rings. The van der Waals surface area contributed by atoms with Crippen LogP contribution < -0.4 is 28.4 Å². The molecule has 62 heavy (non-hydrogen) atoms. The number of ether oxygens (including phenoxy) is 8. The summed E-state index contributed by atoms with van der Waals surface area (Å²) in [6, 6.07) is 29.4. The molecule has 0 aliphatic carbocycles. The molecule has 0 spiro atoms.